The van der Waals surface area contributed by atoms with Gasteiger partial charge in [-0.15, -0.1) is 0 Å². The molecule has 1 aliphatic rings. The Bertz CT molecular complexity index is 227. The average molecular weight is 205 g/mol. The van der Waals surface area contributed by atoms with E-state index in [1.165, 1.54) is 6.26 Å². The predicted molar refractivity (Wildman–Crippen MR) is 40.5 cm³/mol. The van der Waals surface area contributed by atoms with Crippen LogP contribution >= 0.6 is 0 Å². The van der Waals surface area contributed by atoms with Gasteiger partial charge in [-0.25, -0.2) is 0 Å². The molecular formula is C7H11NO6. The van der Waals surface area contributed by atoms with E-state index in [1.807, 2.05) is 0 Å². The minimum atomic E-state index is -1.52. The summed E-state index contributed by atoms with van der Waals surface area (Å²) >= 11 is 0. The summed E-state index contributed by atoms with van der Waals surface area (Å²) in [6.45, 7) is -0.545. The average Bonchev–Trinajstić information content (AvgIpc) is 2.19. The number of hydrogen-bond acceptors (Lipinski definition) is 7. The summed E-state index contributed by atoms with van der Waals surface area (Å²) in [4.78, 5) is 0. The molecule has 0 aromatic heterocycles. The second-order valence-corrected chi connectivity index (χ2v) is 2.91. The van der Waals surface area contributed by atoms with Gasteiger partial charge in [0.1, 0.15) is 24.4 Å². The van der Waals surface area contributed by atoms with Crippen LogP contribution in [0.1, 0.15) is 0 Å². The SMILES string of the molecule is N#COC1O[C@H](CO)[C@@H](O)[C@H](O)[C@H]1O. The van der Waals surface area contributed by atoms with Crippen molar-refractivity contribution < 1.29 is 29.9 Å². The molecule has 1 heterocycles. The quantitative estimate of drug-likeness (QED) is 0.361. The van der Waals surface area contributed by atoms with Crippen molar-refractivity contribution in [3.05, 3.63) is 0 Å². The fraction of sp³-hybridized carbons (Fsp3) is 0.857. The van der Waals surface area contributed by atoms with Crippen LogP contribution in [0.25, 0.3) is 0 Å². The first-order valence-electron chi connectivity index (χ1n) is 3.97. The van der Waals surface area contributed by atoms with Gasteiger partial charge in [-0.1, -0.05) is 0 Å². The largest absolute Gasteiger partial charge is 0.394 e. The van der Waals surface area contributed by atoms with Crippen LogP contribution in [0, 0.1) is 11.5 Å². The standard InChI is InChI=1S/C7H11NO6/c8-2-13-7-6(12)5(11)4(10)3(1-9)14-7/h3-7,9-12H,1H2/t3-,4-,5+,6-,7?/m1/s1. The van der Waals surface area contributed by atoms with E-state index in [2.05, 4.69) is 4.74 Å². The van der Waals surface area contributed by atoms with Gasteiger partial charge in [-0.2, -0.15) is 5.26 Å². The van der Waals surface area contributed by atoms with Crippen LogP contribution in [0.4, 0.5) is 0 Å². The van der Waals surface area contributed by atoms with Gasteiger partial charge in [0.25, 0.3) is 6.26 Å². The van der Waals surface area contributed by atoms with E-state index in [4.69, 9.17) is 15.1 Å². The van der Waals surface area contributed by atoms with Crippen LogP contribution in [-0.2, 0) is 9.47 Å². The first-order valence-corrected chi connectivity index (χ1v) is 3.97. The van der Waals surface area contributed by atoms with Gasteiger partial charge < -0.3 is 29.9 Å². The van der Waals surface area contributed by atoms with Crippen molar-refractivity contribution in [2.24, 2.45) is 0 Å². The summed E-state index contributed by atoms with van der Waals surface area (Å²) in [6.07, 6.45) is -5.60. The summed E-state index contributed by atoms with van der Waals surface area (Å²) < 4.78 is 9.11. The summed E-state index contributed by atoms with van der Waals surface area (Å²) in [5.74, 6) is 0. The predicted octanol–water partition coefficient (Wildman–Crippen LogP) is -2.72. The number of rotatable bonds is 2. The molecule has 1 rings (SSSR count). The van der Waals surface area contributed by atoms with E-state index in [0.717, 1.165) is 0 Å². The fourth-order valence-corrected chi connectivity index (χ4v) is 1.22. The number of nitriles is 1. The Morgan fingerprint density at radius 1 is 1.21 bits per heavy atom. The molecular weight excluding hydrogens is 194 g/mol. The Balaban J connectivity index is 2.69. The number of ether oxygens (including phenoxy) is 2. The molecule has 0 radical (unpaired) electrons. The summed E-state index contributed by atoms with van der Waals surface area (Å²) in [5, 5.41) is 44.7. The van der Waals surface area contributed by atoms with Crippen molar-refractivity contribution >= 4 is 0 Å². The zero-order valence-corrected chi connectivity index (χ0v) is 7.15. The molecule has 1 saturated heterocycles. The van der Waals surface area contributed by atoms with Crippen molar-refractivity contribution in [3.63, 3.8) is 0 Å². The van der Waals surface area contributed by atoms with Crippen molar-refractivity contribution in [2.75, 3.05) is 6.61 Å². The van der Waals surface area contributed by atoms with E-state index >= 15 is 0 Å². The highest BCUT2D eigenvalue weighted by Gasteiger charge is 2.44. The lowest BCUT2D eigenvalue weighted by molar-refractivity contribution is -0.285. The first kappa shape index (κ1) is 11.2. The third-order valence-corrected chi connectivity index (χ3v) is 2.02. The van der Waals surface area contributed by atoms with E-state index in [1.54, 1.807) is 0 Å². The number of aliphatic hydroxyl groups is 4. The Hall–Kier alpha value is -0.910. The summed E-state index contributed by atoms with van der Waals surface area (Å²) in [7, 11) is 0. The monoisotopic (exact) mass is 205 g/mol. The first-order chi connectivity index (χ1) is 6.61. The molecule has 0 spiro atoms. The molecule has 0 aromatic rings. The normalized spacial score (nSPS) is 42.9. The molecule has 7 nitrogen and oxygen atoms in total. The lowest BCUT2D eigenvalue weighted by Crippen LogP contribution is -2.58. The van der Waals surface area contributed by atoms with Gasteiger partial charge >= 0.3 is 0 Å². The Morgan fingerprint density at radius 3 is 2.36 bits per heavy atom. The third kappa shape index (κ3) is 1.95. The highest BCUT2D eigenvalue weighted by molar-refractivity contribution is 4.89. The van der Waals surface area contributed by atoms with Crippen LogP contribution in [-0.4, -0.2) is 57.7 Å². The van der Waals surface area contributed by atoms with Crippen LogP contribution in [0.5, 0.6) is 0 Å². The van der Waals surface area contributed by atoms with E-state index in [-0.39, 0.29) is 0 Å². The van der Waals surface area contributed by atoms with Gasteiger partial charge in [0.05, 0.1) is 6.61 Å². The molecule has 1 aliphatic heterocycles. The zero-order valence-electron chi connectivity index (χ0n) is 7.15. The maximum absolute atomic E-state index is 9.26. The van der Waals surface area contributed by atoms with Crippen molar-refractivity contribution in [1.29, 1.82) is 5.26 Å². The van der Waals surface area contributed by atoms with Gasteiger partial charge in [0.2, 0.25) is 6.29 Å². The molecule has 14 heavy (non-hydrogen) atoms. The molecule has 4 N–H and O–H groups in total. The summed E-state index contributed by atoms with van der Waals surface area (Å²) in [5.41, 5.74) is 0. The Morgan fingerprint density at radius 2 is 1.86 bits per heavy atom. The maximum atomic E-state index is 9.26. The Kier molecular flexibility index (Phi) is 3.62. The van der Waals surface area contributed by atoms with Crippen LogP contribution in [0.2, 0.25) is 0 Å². The molecule has 0 aliphatic carbocycles. The Labute approximate surface area is 79.7 Å². The second kappa shape index (κ2) is 4.54. The smallest absolute Gasteiger partial charge is 0.289 e. The number of hydrogen-bond donors (Lipinski definition) is 4. The minimum Gasteiger partial charge on any atom is -0.394 e. The molecule has 0 bridgehead atoms. The summed E-state index contributed by atoms with van der Waals surface area (Å²) in [6, 6.07) is 0. The molecule has 5 atom stereocenters. The molecule has 0 aromatic carbocycles. The molecule has 80 valence electrons. The van der Waals surface area contributed by atoms with E-state index in [0.29, 0.717) is 0 Å². The van der Waals surface area contributed by atoms with Gasteiger partial charge in [0.15, 0.2) is 0 Å². The minimum absolute atomic E-state index is 0.545. The molecule has 1 fully saturated rings. The topological polar surface area (TPSA) is 123 Å². The van der Waals surface area contributed by atoms with Crippen molar-refractivity contribution in [1.82, 2.24) is 0 Å². The van der Waals surface area contributed by atoms with Gasteiger partial charge in [-0.05, 0) is 0 Å². The van der Waals surface area contributed by atoms with Crippen LogP contribution in [0.3, 0.4) is 0 Å². The molecule has 1 unspecified atom stereocenters. The zero-order chi connectivity index (χ0) is 10.7. The van der Waals surface area contributed by atoms with Crippen LogP contribution in [0.15, 0.2) is 0 Å². The second-order valence-electron chi connectivity index (χ2n) is 2.91. The number of aliphatic hydroxyl groups excluding tert-OH is 4. The van der Waals surface area contributed by atoms with Gasteiger partial charge in [0, 0.05) is 0 Å². The molecule has 0 saturated carbocycles. The lowest BCUT2D eigenvalue weighted by atomic mass is 9.99. The fourth-order valence-electron chi connectivity index (χ4n) is 1.22. The molecule has 0 amide bonds. The van der Waals surface area contributed by atoms with Crippen molar-refractivity contribution in [3.8, 4) is 6.26 Å². The third-order valence-electron chi connectivity index (χ3n) is 2.02. The van der Waals surface area contributed by atoms with E-state index < -0.39 is 37.3 Å². The maximum Gasteiger partial charge on any atom is 0.289 e. The lowest BCUT2D eigenvalue weighted by Gasteiger charge is -2.38. The highest BCUT2D eigenvalue weighted by atomic mass is 16.7. The van der Waals surface area contributed by atoms with Gasteiger partial charge in [-0.3, -0.25) is 0 Å². The van der Waals surface area contributed by atoms with Crippen molar-refractivity contribution in [2.45, 2.75) is 30.7 Å². The highest BCUT2D eigenvalue weighted by Crippen LogP contribution is 2.21. The number of nitrogens with zero attached hydrogens (tertiary/aromatic N) is 1. The molecule has 7 heteroatoms. The van der Waals surface area contributed by atoms with Crippen LogP contribution < -0.4 is 0 Å². The van der Waals surface area contributed by atoms with E-state index in [9.17, 15) is 15.3 Å².